The second-order valence-corrected chi connectivity index (χ2v) is 4.85. The van der Waals surface area contributed by atoms with Crippen molar-refractivity contribution in [3.8, 4) is 5.69 Å². The summed E-state index contributed by atoms with van der Waals surface area (Å²) < 4.78 is 4.14. The first-order chi connectivity index (χ1) is 7.66. The van der Waals surface area contributed by atoms with Gasteiger partial charge in [0.1, 0.15) is 5.82 Å². The van der Waals surface area contributed by atoms with Crippen LogP contribution in [0.15, 0.2) is 27.5 Å². The van der Waals surface area contributed by atoms with Crippen molar-refractivity contribution >= 4 is 15.9 Å². The highest BCUT2D eigenvalue weighted by molar-refractivity contribution is 9.10. The molecule has 0 bridgehead atoms. The van der Waals surface area contributed by atoms with Gasteiger partial charge in [-0.05, 0) is 30.2 Å². The average molecular weight is 280 g/mol. The van der Waals surface area contributed by atoms with E-state index in [1.807, 2.05) is 12.1 Å². The Balaban J connectivity index is 2.34. The second-order valence-electron chi connectivity index (χ2n) is 3.93. The van der Waals surface area contributed by atoms with E-state index in [0.29, 0.717) is 0 Å². The van der Waals surface area contributed by atoms with Crippen LogP contribution in [-0.2, 0) is 19.9 Å². The predicted molar refractivity (Wildman–Crippen MR) is 63.9 cm³/mol. The largest absolute Gasteiger partial charge is 0.350 e. The van der Waals surface area contributed by atoms with E-state index in [1.165, 1.54) is 10.2 Å². The number of nitrogens with zero attached hydrogens (tertiary/aromatic N) is 3. The summed E-state index contributed by atoms with van der Waals surface area (Å²) in [5.41, 5.74) is 2.08. The van der Waals surface area contributed by atoms with Crippen LogP contribution in [0.1, 0.15) is 11.4 Å². The predicted octanol–water partition coefficient (Wildman–Crippen LogP) is 1.43. The highest BCUT2D eigenvalue weighted by Gasteiger charge is 2.20. The maximum absolute atomic E-state index is 11.9. The highest BCUT2D eigenvalue weighted by atomic mass is 79.9. The average Bonchev–Trinajstić information content (AvgIpc) is 2.55. The minimum absolute atomic E-state index is 0.0710. The fourth-order valence-electron chi connectivity index (χ4n) is 2.14. The first-order valence-electron chi connectivity index (χ1n) is 5.10. The van der Waals surface area contributed by atoms with Crippen LogP contribution in [0.5, 0.6) is 0 Å². The fourth-order valence-corrected chi connectivity index (χ4v) is 2.55. The molecule has 5 heteroatoms. The van der Waals surface area contributed by atoms with Gasteiger partial charge in [-0.2, -0.15) is 5.10 Å². The molecule has 0 N–H and O–H groups in total. The standard InChI is InChI=1S/C11H10BrN3O/c1-14-11(16)15-9-4-3-8(12)6-7(9)2-5-10(15)13-14/h3-4,6H,2,5H2,1H3. The Morgan fingerprint density at radius 1 is 1.38 bits per heavy atom. The molecule has 16 heavy (non-hydrogen) atoms. The zero-order valence-corrected chi connectivity index (χ0v) is 10.4. The maximum Gasteiger partial charge on any atom is 0.350 e. The molecule has 0 fully saturated rings. The van der Waals surface area contributed by atoms with Gasteiger partial charge in [0.15, 0.2) is 0 Å². The van der Waals surface area contributed by atoms with Crippen molar-refractivity contribution in [1.82, 2.24) is 14.3 Å². The zero-order valence-electron chi connectivity index (χ0n) is 8.77. The number of halogens is 1. The molecule has 0 atom stereocenters. The molecule has 0 saturated heterocycles. The second kappa shape index (κ2) is 3.31. The molecule has 0 radical (unpaired) electrons. The van der Waals surface area contributed by atoms with Gasteiger partial charge in [0.2, 0.25) is 0 Å². The van der Waals surface area contributed by atoms with Crippen molar-refractivity contribution < 1.29 is 0 Å². The third-order valence-electron chi connectivity index (χ3n) is 2.89. The van der Waals surface area contributed by atoms with Crippen LogP contribution in [0.2, 0.25) is 0 Å². The van der Waals surface area contributed by atoms with Gasteiger partial charge in [-0.25, -0.2) is 14.0 Å². The number of aryl methyl sites for hydroxylation is 3. The Hall–Kier alpha value is -1.36. The van der Waals surface area contributed by atoms with Crippen molar-refractivity contribution in [2.75, 3.05) is 0 Å². The summed E-state index contributed by atoms with van der Waals surface area (Å²) in [5.74, 6) is 0.849. The van der Waals surface area contributed by atoms with Crippen molar-refractivity contribution in [2.45, 2.75) is 12.8 Å². The lowest BCUT2D eigenvalue weighted by molar-refractivity contribution is 0.716. The third-order valence-corrected chi connectivity index (χ3v) is 3.39. The molecule has 0 unspecified atom stereocenters. The first kappa shape index (κ1) is 9.84. The van der Waals surface area contributed by atoms with Gasteiger partial charge in [-0.1, -0.05) is 15.9 Å². The topological polar surface area (TPSA) is 39.8 Å². The number of hydrogen-bond donors (Lipinski definition) is 0. The SMILES string of the molecule is Cn1nc2n(c1=O)-c1ccc(Br)cc1CC2. The summed E-state index contributed by atoms with van der Waals surface area (Å²) in [6.45, 7) is 0. The molecule has 3 rings (SSSR count). The van der Waals surface area contributed by atoms with Crippen LogP contribution in [0.4, 0.5) is 0 Å². The molecule has 0 aliphatic carbocycles. The van der Waals surface area contributed by atoms with E-state index in [4.69, 9.17) is 0 Å². The molecular formula is C11H10BrN3O. The van der Waals surface area contributed by atoms with Gasteiger partial charge >= 0.3 is 5.69 Å². The quantitative estimate of drug-likeness (QED) is 0.732. The monoisotopic (exact) mass is 279 g/mol. The molecular weight excluding hydrogens is 270 g/mol. The van der Waals surface area contributed by atoms with E-state index in [2.05, 4.69) is 27.1 Å². The lowest BCUT2D eigenvalue weighted by Gasteiger charge is -2.16. The molecule has 82 valence electrons. The summed E-state index contributed by atoms with van der Waals surface area (Å²) >= 11 is 3.45. The Kier molecular flexibility index (Phi) is 2.04. The Labute approximate surface area is 101 Å². The summed E-state index contributed by atoms with van der Waals surface area (Å²) in [4.78, 5) is 11.9. The summed E-state index contributed by atoms with van der Waals surface area (Å²) in [7, 11) is 1.69. The Morgan fingerprint density at radius 2 is 2.19 bits per heavy atom. The Bertz CT molecular complexity index is 627. The molecule has 2 heterocycles. The fraction of sp³-hybridized carbons (Fsp3) is 0.273. The van der Waals surface area contributed by atoms with Crippen molar-refractivity contribution in [3.63, 3.8) is 0 Å². The van der Waals surface area contributed by atoms with Crippen molar-refractivity contribution in [3.05, 3.63) is 44.5 Å². The normalized spacial score (nSPS) is 13.4. The van der Waals surface area contributed by atoms with Gasteiger partial charge in [0.05, 0.1) is 5.69 Å². The van der Waals surface area contributed by atoms with Crippen LogP contribution in [-0.4, -0.2) is 14.3 Å². The molecule has 1 aliphatic rings. The lowest BCUT2D eigenvalue weighted by Crippen LogP contribution is -2.25. The molecule has 2 aromatic rings. The van der Waals surface area contributed by atoms with E-state index in [0.717, 1.165) is 28.8 Å². The molecule has 1 aromatic heterocycles. The van der Waals surface area contributed by atoms with Gasteiger partial charge < -0.3 is 0 Å². The third kappa shape index (κ3) is 1.28. The molecule has 0 amide bonds. The minimum atomic E-state index is -0.0710. The summed E-state index contributed by atoms with van der Waals surface area (Å²) in [6.07, 6.45) is 1.75. The van der Waals surface area contributed by atoms with Crippen LogP contribution < -0.4 is 5.69 Å². The van der Waals surface area contributed by atoms with E-state index >= 15 is 0 Å². The summed E-state index contributed by atoms with van der Waals surface area (Å²) in [5, 5.41) is 4.23. The molecule has 1 aromatic carbocycles. The van der Waals surface area contributed by atoms with Crippen LogP contribution in [0, 0.1) is 0 Å². The van der Waals surface area contributed by atoms with E-state index in [1.54, 1.807) is 11.6 Å². The molecule has 0 spiro atoms. The molecule has 1 aliphatic heterocycles. The van der Waals surface area contributed by atoms with Crippen LogP contribution in [0.3, 0.4) is 0 Å². The number of fused-ring (bicyclic) bond motifs is 3. The van der Waals surface area contributed by atoms with Crippen molar-refractivity contribution in [2.24, 2.45) is 7.05 Å². The zero-order chi connectivity index (χ0) is 11.3. The molecule has 4 nitrogen and oxygen atoms in total. The minimum Gasteiger partial charge on any atom is -0.247 e. The molecule has 0 saturated carbocycles. The van der Waals surface area contributed by atoms with E-state index in [-0.39, 0.29) is 5.69 Å². The van der Waals surface area contributed by atoms with Crippen molar-refractivity contribution in [1.29, 1.82) is 0 Å². The first-order valence-corrected chi connectivity index (χ1v) is 5.90. The van der Waals surface area contributed by atoms with E-state index in [9.17, 15) is 4.79 Å². The lowest BCUT2D eigenvalue weighted by atomic mass is 10.0. The Morgan fingerprint density at radius 3 is 3.00 bits per heavy atom. The number of rotatable bonds is 0. The van der Waals surface area contributed by atoms with E-state index < -0.39 is 0 Å². The number of aromatic nitrogens is 3. The van der Waals surface area contributed by atoms with Gasteiger partial charge in [-0.3, -0.25) is 0 Å². The maximum atomic E-state index is 11.9. The van der Waals surface area contributed by atoms with Gasteiger partial charge in [0.25, 0.3) is 0 Å². The number of benzene rings is 1. The van der Waals surface area contributed by atoms with Gasteiger partial charge in [-0.15, -0.1) is 0 Å². The van der Waals surface area contributed by atoms with Gasteiger partial charge in [0, 0.05) is 17.9 Å². The van der Waals surface area contributed by atoms with Crippen LogP contribution in [0.25, 0.3) is 5.69 Å². The highest BCUT2D eigenvalue weighted by Crippen LogP contribution is 2.25. The number of hydrogen-bond acceptors (Lipinski definition) is 2. The smallest absolute Gasteiger partial charge is 0.247 e. The van der Waals surface area contributed by atoms with Crippen LogP contribution >= 0.6 is 15.9 Å². The summed E-state index contributed by atoms with van der Waals surface area (Å²) in [6, 6.07) is 5.98.